The van der Waals surface area contributed by atoms with Gasteiger partial charge in [0.1, 0.15) is 12.1 Å². The zero-order valence-corrected chi connectivity index (χ0v) is 11.5. The molecule has 2 rings (SSSR count). The minimum absolute atomic E-state index is 0.169. The van der Waals surface area contributed by atoms with Gasteiger partial charge in [0, 0.05) is 11.4 Å². The van der Waals surface area contributed by atoms with Crippen LogP contribution in [0, 0.1) is 22.7 Å². The molecule has 2 aromatic rings. The number of nitriles is 2. The number of anilines is 2. The van der Waals surface area contributed by atoms with Gasteiger partial charge in [-0.1, -0.05) is 17.7 Å². The van der Waals surface area contributed by atoms with Crippen molar-refractivity contribution in [3.05, 3.63) is 58.1 Å². The van der Waals surface area contributed by atoms with Gasteiger partial charge in [-0.3, -0.25) is 4.79 Å². The van der Waals surface area contributed by atoms with Crippen LogP contribution in [0.15, 0.2) is 36.4 Å². The van der Waals surface area contributed by atoms with E-state index >= 15 is 0 Å². The highest BCUT2D eigenvalue weighted by atomic mass is 35.5. The second-order valence-electron chi connectivity index (χ2n) is 4.14. The summed E-state index contributed by atoms with van der Waals surface area (Å²) in [5.41, 5.74) is 6.97. The number of benzene rings is 2. The lowest BCUT2D eigenvalue weighted by molar-refractivity contribution is 0.102. The van der Waals surface area contributed by atoms with Gasteiger partial charge in [-0.05, 0) is 30.3 Å². The molecule has 102 valence electrons. The summed E-state index contributed by atoms with van der Waals surface area (Å²) >= 11 is 5.96. The molecule has 0 fully saturated rings. The number of rotatable bonds is 2. The lowest BCUT2D eigenvalue weighted by Crippen LogP contribution is -2.14. The molecule has 2 aromatic carbocycles. The number of nitrogen functional groups attached to an aromatic ring is 1. The van der Waals surface area contributed by atoms with Gasteiger partial charge in [-0.2, -0.15) is 10.5 Å². The summed E-state index contributed by atoms with van der Waals surface area (Å²) in [5.74, 6) is -0.480. The first kappa shape index (κ1) is 14.4. The maximum absolute atomic E-state index is 12.2. The smallest absolute Gasteiger partial charge is 0.259 e. The highest BCUT2D eigenvalue weighted by Crippen LogP contribution is 2.23. The van der Waals surface area contributed by atoms with E-state index in [1.165, 1.54) is 18.2 Å². The molecule has 21 heavy (non-hydrogen) atoms. The third-order valence-corrected chi connectivity index (χ3v) is 3.11. The molecule has 1 amide bonds. The standard InChI is InChI=1S/C15H9ClN4O/c16-12-2-1-3-13(19)14(12)15(21)20-11-5-4-9(7-17)10(6-11)8-18/h1-6H,19H2,(H,20,21). The van der Waals surface area contributed by atoms with Gasteiger partial charge in [0.05, 0.1) is 21.7 Å². The van der Waals surface area contributed by atoms with Gasteiger partial charge in [0.2, 0.25) is 0 Å². The summed E-state index contributed by atoms with van der Waals surface area (Å²) in [5, 5.41) is 20.6. The number of carbonyl (C=O) groups is 1. The number of carbonyl (C=O) groups excluding carboxylic acids is 1. The number of nitrogens with two attached hydrogens (primary N) is 1. The lowest BCUT2D eigenvalue weighted by Gasteiger charge is -2.09. The molecule has 0 bridgehead atoms. The number of hydrogen-bond donors (Lipinski definition) is 2. The molecule has 0 heterocycles. The summed E-state index contributed by atoms with van der Waals surface area (Å²) in [6.07, 6.45) is 0. The van der Waals surface area contributed by atoms with E-state index < -0.39 is 5.91 Å². The van der Waals surface area contributed by atoms with Crippen LogP contribution in [0.25, 0.3) is 0 Å². The van der Waals surface area contributed by atoms with Crippen molar-refractivity contribution >= 4 is 28.9 Å². The molecule has 0 aliphatic rings. The van der Waals surface area contributed by atoms with Crippen molar-refractivity contribution in [2.75, 3.05) is 11.1 Å². The first-order chi connectivity index (χ1) is 10.1. The first-order valence-electron chi connectivity index (χ1n) is 5.86. The van der Waals surface area contributed by atoms with E-state index in [4.69, 9.17) is 27.9 Å². The van der Waals surface area contributed by atoms with Crippen molar-refractivity contribution in [1.82, 2.24) is 0 Å². The highest BCUT2D eigenvalue weighted by molar-refractivity contribution is 6.35. The van der Waals surface area contributed by atoms with Crippen LogP contribution in [0.1, 0.15) is 21.5 Å². The molecule has 0 saturated carbocycles. The fourth-order valence-corrected chi connectivity index (χ4v) is 2.05. The predicted octanol–water partition coefficient (Wildman–Crippen LogP) is 2.92. The summed E-state index contributed by atoms with van der Waals surface area (Å²) in [4.78, 5) is 12.2. The molecular formula is C15H9ClN4O. The molecule has 0 aliphatic carbocycles. The van der Waals surface area contributed by atoms with E-state index in [-0.39, 0.29) is 27.4 Å². The van der Waals surface area contributed by atoms with Gasteiger partial charge in [0.25, 0.3) is 5.91 Å². The summed E-state index contributed by atoms with van der Waals surface area (Å²) in [6.45, 7) is 0. The Labute approximate surface area is 126 Å². The molecule has 0 aliphatic heterocycles. The van der Waals surface area contributed by atoms with E-state index in [2.05, 4.69) is 5.32 Å². The number of nitrogens with zero attached hydrogens (tertiary/aromatic N) is 2. The van der Waals surface area contributed by atoms with Crippen LogP contribution < -0.4 is 11.1 Å². The van der Waals surface area contributed by atoms with E-state index in [0.29, 0.717) is 5.69 Å². The van der Waals surface area contributed by atoms with Gasteiger partial charge >= 0.3 is 0 Å². The van der Waals surface area contributed by atoms with Gasteiger partial charge < -0.3 is 11.1 Å². The van der Waals surface area contributed by atoms with E-state index in [0.717, 1.165) is 0 Å². The molecule has 0 unspecified atom stereocenters. The Morgan fingerprint density at radius 2 is 1.86 bits per heavy atom. The van der Waals surface area contributed by atoms with Crippen molar-refractivity contribution in [2.24, 2.45) is 0 Å². The Balaban J connectivity index is 2.33. The molecule has 0 atom stereocenters. The third kappa shape index (κ3) is 2.94. The number of amides is 1. The largest absolute Gasteiger partial charge is 0.398 e. The Bertz CT molecular complexity index is 782. The van der Waals surface area contributed by atoms with Crippen molar-refractivity contribution in [3.8, 4) is 12.1 Å². The molecule has 6 heteroatoms. The second-order valence-corrected chi connectivity index (χ2v) is 4.55. The van der Waals surface area contributed by atoms with Crippen molar-refractivity contribution in [3.63, 3.8) is 0 Å². The van der Waals surface area contributed by atoms with E-state index in [1.807, 2.05) is 12.1 Å². The predicted molar refractivity (Wildman–Crippen MR) is 79.7 cm³/mol. The van der Waals surface area contributed by atoms with Crippen molar-refractivity contribution in [1.29, 1.82) is 10.5 Å². The molecule has 0 radical (unpaired) electrons. The molecule has 5 nitrogen and oxygen atoms in total. The average Bonchev–Trinajstić information content (AvgIpc) is 2.46. The fourth-order valence-electron chi connectivity index (χ4n) is 1.79. The van der Waals surface area contributed by atoms with Crippen LogP contribution in [0.3, 0.4) is 0 Å². The molecule has 0 saturated heterocycles. The molecule has 3 N–H and O–H groups in total. The van der Waals surface area contributed by atoms with E-state index in [9.17, 15) is 4.79 Å². The highest BCUT2D eigenvalue weighted by Gasteiger charge is 2.14. The summed E-state index contributed by atoms with van der Waals surface area (Å²) in [7, 11) is 0. The molecular weight excluding hydrogens is 288 g/mol. The lowest BCUT2D eigenvalue weighted by atomic mass is 10.1. The average molecular weight is 297 g/mol. The molecule has 0 spiro atoms. The van der Waals surface area contributed by atoms with Crippen molar-refractivity contribution in [2.45, 2.75) is 0 Å². The minimum Gasteiger partial charge on any atom is -0.398 e. The van der Waals surface area contributed by atoms with Crippen LogP contribution in [0.4, 0.5) is 11.4 Å². The second kappa shape index (κ2) is 5.96. The topological polar surface area (TPSA) is 103 Å². The quantitative estimate of drug-likeness (QED) is 0.831. The maximum Gasteiger partial charge on any atom is 0.259 e. The van der Waals surface area contributed by atoms with Crippen LogP contribution >= 0.6 is 11.6 Å². The minimum atomic E-state index is -0.480. The Morgan fingerprint density at radius 1 is 1.14 bits per heavy atom. The van der Waals surface area contributed by atoms with E-state index in [1.54, 1.807) is 18.2 Å². The maximum atomic E-state index is 12.2. The van der Waals surface area contributed by atoms with Gasteiger partial charge in [-0.15, -0.1) is 0 Å². The Hall–Kier alpha value is -3.02. The van der Waals surface area contributed by atoms with Crippen LogP contribution in [-0.2, 0) is 0 Å². The Morgan fingerprint density at radius 3 is 2.48 bits per heavy atom. The van der Waals surface area contributed by atoms with Crippen LogP contribution in [0.2, 0.25) is 5.02 Å². The normalized spacial score (nSPS) is 9.48. The summed E-state index contributed by atoms with van der Waals surface area (Å²) < 4.78 is 0. The number of nitrogens with one attached hydrogen (secondary N) is 1. The van der Waals surface area contributed by atoms with Gasteiger partial charge in [-0.25, -0.2) is 0 Å². The SMILES string of the molecule is N#Cc1ccc(NC(=O)c2c(N)cccc2Cl)cc1C#N. The zero-order valence-electron chi connectivity index (χ0n) is 10.7. The fraction of sp³-hybridized carbons (Fsp3) is 0. The van der Waals surface area contributed by atoms with Crippen LogP contribution in [-0.4, -0.2) is 5.91 Å². The van der Waals surface area contributed by atoms with Gasteiger partial charge in [0.15, 0.2) is 0 Å². The Kier molecular flexibility index (Phi) is 4.08. The summed E-state index contributed by atoms with van der Waals surface area (Å²) in [6, 6.07) is 13.0. The zero-order chi connectivity index (χ0) is 15.4. The van der Waals surface area contributed by atoms with Crippen LogP contribution in [0.5, 0.6) is 0 Å². The monoisotopic (exact) mass is 296 g/mol. The number of hydrogen-bond acceptors (Lipinski definition) is 4. The third-order valence-electron chi connectivity index (χ3n) is 2.79. The molecule has 0 aromatic heterocycles. The number of halogens is 1. The van der Waals surface area contributed by atoms with Crippen molar-refractivity contribution < 1.29 is 4.79 Å². The first-order valence-corrected chi connectivity index (χ1v) is 6.24.